The quantitative estimate of drug-likeness (QED) is 0.800. The molecule has 0 bridgehead atoms. The highest BCUT2D eigenvalue weighted by atomic mass is 19.1. The SMILES string of the molecule is CCOc1cc(NCC2CCC(C)CC2)c(N)cc1F. The zero-order chi connectivity index (χ0) is 14.5. The number of nitrogen functional groups attached to an aromatic ring is 1. The Hall–Kier alpha value is -1.45. The summed E-state index contributed by atoms with van der Waals surface area (Å²) in [4.78, 5) is 0. The van der Waals surface area contributed by atoms with E-state index in [1.54, 1.807) is 6.07 Å². The fourth-order valence-electron chi connectivity index (χ4n) is 2.78. The number of nitrogens with two attached hydrogens (primary N) is 1. The molecule has 1 saturated carbocycles. The van der Waals surface area contributed by atoms with Crippen molar-refractivity contribution in [1.82, 2.24) is 0 Å². The Kier molecular flexibility index (Phi) is 5.10. The minimum Gasteiger partial charge on any atom is -0.491 e. The van der Waals surface area contributed by atoms with E-state index in [2.05, 4.69) is 12.2 Å². The van der Waals surface area contributed by atoms with Crippen molar-refractivity contribution in [3.05, 3.63) is 17.9 Å². The molecule has 0 aliphatic heterocycles. The normalized spacial score (nSPS) is 22.6. The van der Waals surface area contributed by atoms with E-state index in [1.165, 1.54) is 31.7 Å². The summed E-state index contributed by atoms with van der Waals surface area (Å²) in [5.74, 6) is 1.40. The Bertz CT molecular complexity index is 442. The molecule has 0 spiro atoms. The summed E-state index contributed by atoms with van der Waals surface area (Å²) in [6.45, 7) is 5.50. The average Bonchev–Trinajstić information content (AvgIpc) is 2.42. The third kappa shape index (κ3) is 3.78. The van der Waals surface area contributed by atoms with Gasteiger partial charge < -0.3 is 15.8 Å². The number of nitrogens with one attached hydrogen (secondary N) is 1. The number of benzene rings is 1. The molecule has 1 fully saturated rings. The standard InChI is InChI=1S/C16H25FN2O/c1-3-20-16-9-15(14(18)8-13(16)17)19-10-12-6-4-11(2)5-7-12/h8-9,11-12,19H,3-7,10,18H2,1-2H3. The lowest BCUT2D eigenvalue weighted by atomic mass is 9.83. The molecule has 0 saturated heterocycles. The predicted octanol–water partition coefficient (Wildman–Crippen LogP) is 4.04. The van der Waals surface area contributed by atoms with Gasteiger partial charge in [-0.3, -0.25) is 0 Å². The second-order valence-corrected chi connectivity index (χ2v) is 5.81. The van der Waals surface area contributed by atoms with Crippen molar-refractivity contribution in [3.63, 3.8) is 0 Å². The highest BCUT2D eigenvalue weighted by Crippen LogP contribution is 2.31. The van der Waals surface area contributed by atoms with Gasteiger partial charge in [0.1, 0.15) is 0 Å². The second kappa shape index (κ2) is 6.82. The van der Waals surface area contributed by atoms with Crippen LogP contribution < -0.4 is 15.8 Å². The average molecular weight is 280 g/mol. The van der Waals surface area contributed by atoms with Crippen LogP contribution in [0.15, 0.2) is 12.1 Å². The van der Waals surface area contributed by atoms with Gasteiger partial charge in [-0.25, -0.2) is 4.39 Å². The molecule has 112 valence electrons. The summed E-state index contributed by atoms with van der Waals surface area (Å²) in [5.41, 5.74) is 7.08. The first-order valence-electron chi connectivity index (χ1n) is 7.55. The van der Waals surface area contributed by atoms with Gasteiger partial charge in [0.25, 0.3) is 0 Å². The first-order valence-corrected chi connectivity index (χ1v) is 7.55. The fourth-order valence-corrected chi connectivity index (χ4v) is 2.78. The topological polar surface area (TPSA) is 47.3 Å². The van der Waals surface area contributed by atoms with Crippen LogP contribution in [-0.2, 0) is 0 Å². The van der Waals surface area contributed by atoms with Gasteiger partial charge in [-0.1, -0.05) is 19.8 Å². The summed E-state index contributed by atoms with van der Waals surface area (Å²) in [5, 5.41) is 3.35. The third-order valence-electron chi connectivity index (χ3n) is 4.12. The minimum absolute atomic E-state index is 0.265. The largest absolute Gasteiger partial charge is 0.491 e. The molecular weight excluding hydrogens is 255 g/mol. The van der Waals surface area contributed by atoms with Crippen molar-refractivity contribution in [2.75, 3.05) is 24.2 Å². The van der Waals surface area contributed by atoms with E-state index in [4.69, 9.17) is 10.5 Å². The Morgan fingerprint density at radius 2 is 2.00 bits per heavy atom. The molecule has 0 radical (unpaired) electrons. The highest BCUT2D eigenvalue weighted by Gasteiger charge is 2.18. The summed E-state index contributed by atoms with van der Waals surface area (Å²) >= 11 is 0. The van der Waals surface area contributed by atoms with Crippen LogP contribution in [0.25, 0.3) is 0 Å². The maximum absolute atomic E-state index is 13.6. The van der Waals surface area contributed by atoms with Gasteiger partial charge in [0, 0.05) is 18.7 Å². The van der Waals surface area contributed by atoms with E-state index in [9.17, 15) is 4.39 Å². The maximum atomic E-state index is 13.6. The number of halogens is 1. The van der Waals surface area contributed by atoms with Crippen LogP contribution in [0.2, 0.25) is 0 Å². The van der Waals surface area contributed by atoms with Gasteiger partial charge in [0.05, 0.1) is 18.0 Å². The lowest BCUT2D eigenvalue weighted by molar-refractivity contribution is 0.300. The van der Waals surface area contributed by atoms with Crippen molar-refractivity contribution in [2.24, 2.45) is 11.8 Å². The van der Waals surface area contributed by atoms with Crippen molar-refractivity contribution >= 4 is 11.4 Å². The molecule has 1 aromatic carbocycles. The molecule has 3 nitrogen and oxygen atoms in total. The van der Waals surface area contributed by atoms with E-state index < -0.39 is 5.82 Å². The number of rotatable bonds is 5. The third-order valence-corrected chi connectivity index (χ3v) is 4.12. The van der Waals surface area contributed by atoms with E-state index in [0.717, 1.165) is 18.2 Å². The van der Waals surface area contributed by atoms with Gasteiger partial charge in [-0.05, 0) is 31.6 Å². The van der Waals surface area contributed by atoms with E-state index in [0.29, 0.717) is 18.2 Å². The van der Waals surface area contributed by atoms with Crippen molar-refractivity contribution in [1.29, 1.82) is 0 Å². The number of hydrogen-bond donors (Lipinski definition) is 2. The molecular formula is C16H25FN2O. The van der Waals surface area contributed by atoms with Crippen LogP contribution in [0.3, 0.4) is 0 Å². The molecule has 2 rings (SSSR count). The van der Waals surface area contributed by atoms with Gasteiger partial charge in [0.15, 0.2) is 11.6 Å². The summed E-state index contributed by atoms with van der Waals surface area (Å²) in [6.07, 6.45) is 5.12. The van der Waals surface area contributed by atoms with Crippen molar-refractivity contribution < 1.29 is 9.13 Å². The molecule has 0 atom stereocenters. The first-order chi connectivity index (χ1) is 9.60. The van der Waals surface area contributed by atoms with Crippen molar-refractivity contribution in [3.8, 4) is 5.75 Å². The van der Waals surface area contributed by atoms with Crippen LogP contribution in [0.5, 0.6) is 5.75 Å². The van der Waals surface area contributed by atoms with Gasteiger partial charge in [-0.15, -0.1) is 0 Å². The lowest BCUT2D eigenvalue weighted by Gasteiger charge is -2.26. The van der Waals surface area contributed by atoms with E-state index in [1.807, 2.05) is 6.92 Å². The van der Waals surface area contributed by atoms with Crippen LogP contribution in [0, 0.1) is 17.7 Å². The molecule has 0 amide bonds. The maximum Gasteiger partial charge on any atom is 0.167 e. The molecule has 1 aliphatic rings. The Balaban J connectivity index is 1.96. The zero-order valence-electron chi connectivity index (χ0n) is 12.4. The minimum atomic E-state index is -0.401. The molecule has 0 aromatic heterocycles. The molecule has 1 aromatic rings. The molecule has 0 heterocycles. The van der Waals surface area contributed by atoms with Crippen molar-refractivity contribution in [2.45, 2.75) is 39.5 Å². The summed E-state index contributed by atoms with van der Waals surface area (Å²) in [7, 11) is 0. The predicted molar refractivity (Wildman–Crippen MR) is 81.6 cm³/mol. The number of anilines is 2. The zero-order valence-corrected chi connectivity index (χ0v) is 12.4. The molecule has 20 heavy (non-hydrogen) atoms. The van der Waals surface area contributed by atoms with Crippen LogP contribution >= 0.6 is 0 Å². The van der Waals surface area contributed by atoms with Gasteiger partial charge in [0.2, 0.25) is 0 Å². The van der Waals surface area contributed by atoms with Gasteiger partial charge in [-0.2, -0.15) is 0 Å². The fraction of sp³-hybridized carbons (Fsp3) is 0.625. The van der Waals surface area contributed by atoms with Crippen LogP contribution in [0.4, 0.5) is 15.8 Å². The lowest BCUT2D eigenvalue weighted by Crippen LogP contribution is -2.20. The van der Waals surface area contributed by atoms with Gasteiger partial charge >= 0.3 is 0 Å². The first kappa shape index (κ1) is 14.9. The second-order valence-electron chi connectivity index (χ2n) is 5.81. The molecule has 1 aliphatic carbocycles. The van der Waals surface area contributed by atoms with Crippen LogP contribution in [0.1, 0.15) is 39.5 Å². The molecule has 4 heteroatoms. The number of ether oxygens (including phenoxy) is 1. The van der Waals surface area contributed by atoms with E-state index in [-0.39, 0.29) is 5.75 Å². The highest BCUT2D eigenvalue weighted by molar-refractivity contribution is 5.68. The Morgan fingerprint density at radius 1 is 1.30 bits per heavy atom. The number of hydrogen-bond acceptors (Lipinski definition) is 3. The smallest absolute Gasteiger partial charge is 0.167 e. The summed E-state index contributed by atoms with van der Waals surface area (Å²) in [6, 6.07) is 3.00. The summed E-state index contributed by atoms with van der Waals surface area (Å²) < 4.78 is 18.9. The molecule has 0 unspecified atom stereocenters. The van der Waals surface area contributed by atoms with Crippen LogP contribution in [-0.4, -0.2) is 13.2 Å². The Labute approximate surface area is 120 Å². The monoisotopic (exact) mass is 280 g/mol. The Morgan fingerprint density at radius 3 is 2.65 bits per heavy atom. The molecule has 3 N–H and O–H groups in total. The van der Waals surface area contributed by atoms with E-state index >= 15 is 0 Å².